The quantitative estimate of drug-likeness (QED) is 0.175. The summed E-state index contributed by atoms with van der Waals surface area (Å²) in [6.45, 7) is 9.12. The van der Waals surface area contributed by atoms with Crippen LogP contribution in [0.5, 0.6) is 0 Å². The Morgan fingerprint density at radius 1 is 0.846 bits per heavy atom. The second kappa shape index (κ2) is 20.5. The summed E-state index contributed by atoms with van der Waals surface area (Å²) < 4.78 is 0. The van der Waals surface area contributed by atoms with E-state index in [1.165, 1.54) is 83.5 Å². The van der Waals surface area contributed by atoms with Crippen LogP contribution in [-0.2, 0) is 4.79 Å². The van der Waals surface area contributed by atoms with E-state index in [1.807, 2.05) is 6.08 Å². The molecule has 2 heteroatoms. The van der Waals surface area contributed by atoms with E-state index in [1.54, 1.807) is 0 Å². The summed E-state index contributed by atoms with van der Waals surface area (Å²) in [5, 5.41) is 3.14. The minimum Gasteiger partial charge on any atom is -0.356 e. The van der Waals surface area contributed by atoms with Gasteiger partial charge in [-0.25, -0.2) is 0 Å². The minimum absolute atomic E-state index is 0.249. The SMILES string of the molecule is C=CCCC[C@@H](CC)CNC(=O)CCCCCCCCCCCCCC. The highest BCUT2D eigenvalue weighted by molar-refractivity contribution is 5.75. The highest BCUT2D eigenvalue weighted by Crippen LogP contribution is 2.13. The minimum atomic E-state index is 0.249. The van der Waals surface area contributed by atoms with Crippen molar-refractivity contribution in [2.45, 2.75) is 123 Å². The molecule has 1 N–H and O–H groups in total. The number of allylic oxidation sites excluding steroid dienone is 1. The molecule has 0 aliphatic rings. The van der Waals surface area contributed by atoms with Crippen LogP contribution in [-0.4, -0.2) is 12.5 Å². The first kappa shape index (κ1) is 25.2. The van der Waals surface area contributed by atoms with Gasteiger partial charge in [-0.2, -0.15) is 0 Å². The normalized spacial score (nSPS) is 12.1. The molecule has 0 bridgehead atoms. The second-order valence-corrected chi connectivity index (χ2v) is 7.94. The zero-order valence-electron chi connectivity index (χ0n) is 18.0. The molecule has 1 atom stereocenters. The first-order chi connectivity index (χ1) is 12.7. The van der Waals surface area contributed by atoms with E-state index in [2.05, 4.69) is 25.7 Å². The molecular formula is C24H47NO. The number of nitrogens with one attached hydrogen (secondary N) is 1. The fourth-order valence-corrected chi connectivity index (χ4v) is 3.47. The summed E-state index contributed by atoms with van der Waals surface area (Å²) in [6, 6.07) is 0. The molecule has 1 amide bonds. The molecule has 0 saturated heterocycles. The zero-order valence-corrected chi connectivity index (χ0v) is 18.0. The van der Waals surface area contributed by atoms with Crippen molar-refractivity contribution in [3.05, 3.63) is 12.7 Å². The molecule has 0 heterocycles. The van der Waals surface area contributed by atoms with Crippen LogP contribution in [0.25, 0.3) is 0 Å². The van der Waals surface area contributed by atoms with Crippen molar-refractivity contribution in [1.82, 2.24) is 5.32 Å². The molecule has 0 aliphatic heterocycles. The summed E-state index contributed by atoms with van der Waals surface area (Å²) in [5.74, 6) is 0.875. The number of amides is 1. The molecule has 2 nitrogen and oxygen atoms in total. The van der Waals surface area contributed by atoms with Crippen molar-refractivity contribution in [1.29, 1.82) is 0 Å². The number of rotatable bonds is 20. The summed E-state index contributed by atoms with van der Waals surface area (Å²) in [6.07, 6.45) is 23.4. The molecule has 0 unspecified atom stereocenters. The zero-order chi connectivity index (χ0) is 19.3. The van der Waals surface area contributed by atoms with Gasteiger partial charge in [-0.05, 0) is 31.6 Å². The number of carbonyl (C=O) groups is 1. The number of carbonyl (C=O) groups excluding carboxylic acids is 1. The van der Waals surface area contributed by atoms with E-state index >= 15 is 0 Å². The van der Waals surface area contributed by atoms with Gasteiger partial charge in [-0.1, -0.05) is 97.0 Å². The molecule has 0 radical (unpaired) electrons. The number of hydrogen-bond donors (Lipinski definition) is 1. The Hall–Kier alpha value is -0.790. The summed E-state index contributed by atoms with van der Waals surface area (Å²) >= 11 is 0. The molecule has 0 saturated carbocycles. The highest BCUT2D eigenvalue weighted by atomic mass is 16.1. The topological polar surface area (TPSA) is 29.1 Å². The fourth-order valence-electron chi connectivity index (χ4n) is 3.47. The Kier molecular flexibility index (Phi) is 19.9. The van der Waals surface area contributed by atoms with E-state index in [-0.39, 0.29) is 5.91 Å². The third-order valence-corrected chi connectivity index (χ3v) is 5.44. The standard InChI is InChI=1S/C24H47NO/c1-4-7-9-10-11-12-13-14-15-16-17-19-21-24(26)25-22-23(6-3)20-18-8-5-2/h5,23H,2,4,6-22H2,1,3H3,(H,25,26)/t23-/m1/s1. The molecule has 0 aliphatic carbocycles. The van der Waals surface area contributed by atoms with Gasteiger partial charge in [0.15, 0.2) is 0 Å². The maximum Gasteiger partial charge on any atom is 0.220 e. The number of unbranched alkanes of at least 4 members (excludes halogenated alkanes) is 12. The van der Waals surface area contributed by atoms with Crippen LogP contribution in [0.1, 0.15) is 123 Å². The Labute approximate surface area is 164 Å². The third-order valence-electron chi connectivity index (χ3n) is 5.44. The van der Waals surface area contributed by atoms with Crippen molar-refractivity contribution >= 4 is 5.91 Å². The van der Waals surface area contributed by atoms with E-state index in [0.717, 1.165) is 25.8 Å². The van der Waals surface area contributed by atoms with Gasteiger partial charge in [0.1, 0.15) is 0 Å². The highest BCUT2D eigenvalue weighted by Gasteiger charge is 2.08. The summed E-state index contributed by atoms with van der Waals surface area (Å²) in [4.78, 5) is 11.9. The Morgan fingerprint density at radius 2 is 1.38 bits per heavy atom. The smallest absolute Gasteiger partial charge is 0.220 e. The van der Waals surface area contributed by atoms with Crippen LogP contribution in [0, 0.1) is 5.92 Å². The molecule has 154 valence electrons. The molecule has 0 aromatic heterocycles. The lowest BCUT2D eigenvalue weighted by Gasteiger charge is -2.15. The number of hydrogen-bond acceptors (Lipinski definition) is 1. The van der Waals surface area contributed by atoms with Crippen molar-refractivity contribution in [2.75, 3.05) is 6.54 Å². The van der Waals surface area contributed by atoms with Gasteiger partial charge in [0, 0.05) is 13.0 Å². The molecule has 0 spiro atoms. The van der Waals surface area contributed by atoms with Crippen LogP contribution in [0.3, 0.4) is 0 Å². The average Bonchev–Trinajstić information content (AvgIpc) is 2.65. The predicted octanol–water partition coefficient (Wildman–Crippen LogP) is 7.58. The molecule has 0 rings (SSSR count). The summed E-state index contributed by atoms with van der Waals surface area (Å²) in [7, 11) is 0. The fraction of sp³-hybridized carbons (Fsp3) is 0.875. The van der Waals surface area contributed by atoms with Gasteiger partial charge in [-0.15, -0.1) is 6.58 Å². The maximum atomic E-state index is 11.9. The molecule has 0 aromatic carbocycles. The van der Waals surface area contributed by atoms with Crippen LogP contribution in [0.2, 0.25) is 0 Å². The van der Waals surface area contributed by atoms with Crippen molar-refractivity contribution in [2.24, 2.45) is 5.92 Å². The van der Waals surface area contributed by atoms with Crippen molar-refractivity contribution in [3.63, 3.8) is 0 Å². The van der Waals surface area contributed by atoms with Gasteiger partial charge in [0.25, 0.3) is 0 Å². The van der Waals surface area contributed by atoms with E-state index in [4.69, 9.17) is 0 Å². The Balaban J connectivity index is 3.36. The van der Waals surface area contributed by atoms with Crippen molar-refractivity contribution in [3.8, 4) is 0 Å². The van der Waals surface area contributed by atoms with Crippen LogP contribution in [0.4, 0.5) is 0 Å². The molecule has 26 heavy (non-hydrogen) atoms. The van der Waals surface area contributed by atoms with Crippen molar-refractivity contribution < 1.29 is 4.79 Å². The lowest BCUT2D eigenvalue weighted by atomic mass is 9.99. The van der Waals surface area contributed by atoms with Crippen LogP contribution in [0.15, 0.2) is 12.7 Å². The predicted molar refractivity (Wildman–Crippen MR) is 117 cm³/mol. The molecule has 0 aromatic rings. The first-order valence-electron chi connectivity index (χ1n) is 11.6. The Morgan fingerprint density at radius 3 is 1.88 bits per heavy atom. The molecular weight excluding hydrogens is 318 g/mol. The largest absolute Gasteiger partial charge is 0.356 e. The second-order valence-electron chi connectivity index (χ2n) is 7.94. The summed E-state index contributed by atoms with van der Waals surface area (Å²) in [5.41, 5.74) is 0. The lowest BCUT2D eigenvalue weighted by Crippen LogP contribution is -2.28. The van der Waals surface area contributed by atoms with Crippen LogP contribution < -0.4 is 5.32 Å². The van der Waals surface area contributed by atoms with Gasteiger partial charge in [-0.3, -0.25) is 4.79 Å². The average molecular weight is 366 g/mol. The van der Waals surface area contributed by atoms with E-state index < -0.39 is 0 Å². The van der Waals surface area contributed by atoms with E-state index in [9.17, 15) is 4.79 Å². The first-order valence-corrected chi connectivity index (χ1v) is 11.6. The molecule has 0 fully saturated rings. The Bertz CT molecular complexity index is 313. The van der Waals surface area contributed by atoms with Crippen LogP contribution >= 0.6 is 0 Å². The third kappa shape index (κ3) is 18.0. The van der Waals surface area contributed by atoms with Gasteiger partial charge in [0.2, 0.25) is 5.91 Å². The van der Waals surface area contributed by atoms with Gasteiger partial charge in [0.05, 0.1) is 0 Å². The lowest BCUT2D eigenvalue weighted by molar-refractivity contribution is -0.121. The maximum absolute atomic E-state index is 11.9. The van der Waals surface area contributed by atoms with Gasteiger partial charge < -0.3 is 5.32 Å². The van der Waals surface area contributed by atoms with E-state index in [0.29, 0.717) is 12.3 Å². The monoisotopic (exact) mass is 365 g/mol. The van der Waals surface area contributed by atoms with Gasteiger partial charge >= 0.3 is 0 Å².